The molecule has 4 heterocycles. The highest BCUT2D eigenvalue weighted by Crippen LogP contribution is 2.63. The minimum absolute atomic E-state index is 0. The first-order chi connectivity index (χ1) is 17.7. The summed E-state index contributed by atoms with van der Waals surface area (Å²) < 4.78 is 20.9. The van der Waals surface area contributed by atoms with Crippen LogP contribution in [0, 0.1) is 24.2 Å². The molecule has 3 fully saturated rings. The van der Waals surface area contributed by atoms with E-state index in [1.165, 1.54) is 11.2 Å². The zero-order valence-electron chi connectivity index (χ0n) is 21.4. The van der Waals surface area contributed by atoms with Crippen molar-refractivity contribution in [3.63, 3.8) is 0 Å². The van der Waals surface area contributed by atoms with Crippen molar-refractivity contribution in [2.45, 2.75) is 45.9 Å². The van der Waals surface area contributed by atoms with E-state index in [9.17, 15) is 14.0 Å². The van der Waals surface area contributed by atoms with Gasteiger partial charge in [-0.15, -0.1) is 12.4 Å². The highest BCUT2D eigenvalue weighted by molar-refractivity contribution is 6.31. The van der Waals surface area contributed by atoms with Crippen molar-refractivity contribution >= 4 is 41.3 Å². The van der Waals surface area contributed by atoms with Crippen molar-refractivity contribution in [1.29, 1.82) is 0 Å². The summed E-state index contributed by atoms with van der Waals surface area (Å²) in [6, 6.07) is 5.70. The highest BCUT2D eigenvalue weighted by atomic mass is 35.5. The maximum absolute atomic E-state index is 13.3. The van der Waals surface area contributed by atoms with Gasteiger partial charge in [-0.05, 0) is 47.2 Å². The lowest BCUT2D eigenvalue weighted by Crippen LogP contribution is -2.46. The number of morpholine rings is 1. The van der Waals surface area contributed by atoms with Gasteiger partial charge in [0, 0.05) is 36.3 Å². The molecule has 0 radical (unpaired) electrons. The Morgan fingerprint density at radius 2 is 1.87 bits per heavy atom. The van der Waals surface area contributed by atoms with E-state index < -0.39 is 12.8 Å². The Balaban J connectivity index is 0.00000294. The number of carbonyl (C=O) groups is 2. The SMILES string of the molecule is Cc1cc(Cl)cc(-c2ncnn3cc(CN4C(=O)C5C(C4=O)C5(C)C)cc23)c1CC1CNCC(CF)O1.Cl. The number of aromatic nitrogens is 3. The number of amides is 2. The van der Waals surface area contributed by atoms with Crippen LogP contribution in [0.4, 0.5) is 4.39 Å². The first-order valence-electron chi connectivity index (χ1n) is 12.6. The molecule has 2 aromatic heterocycles. The summed E-state index contributed by atoms with van der Waals surface area (Å²) in [4.78, 5) is 31.7. The van der Waals surface area contributed by atoms with E-state index in [4.69, 9.17) is 16.3 Å². The molecule has 0 spiro atoms. The Morgan fingerprint density at radius 1 is 1.16 bits per heavy atom. The fourth-order valence-corrected chi connectivity index (χ4v) is 6.36. The molecule has 1 saturated carbocycles. The number of ether oxygens (including phenoxy) is 1. The van der Waals surface area contributed by atoms with Crippen LogP contribution in [-0.4, -0.2) is 63.3 Å². The summed E-state index contributed by atoms with van der Waals surface area (Å²) in [5.74, 6) is -0.611. The van der Waals surface area contributed by atoms with Crippen molar-refractivity contribution in [2.75, 3.05) is 19.8 Å². The van der Waals surface area contributed by atoms with Crippen LogP contribution in [0.15, 0.2) is 30.7 Å². The van der Waals surface area contributed by atoms with E-state index >= 15 is 0 Å². The molecule has 0 bridgehead atoms. The quantitative estimate of drug-likeness (QED) is 0.460. The molecule has 2 amide bonds. The van der Waals surface area contributed by atoms with Gasteiger partial charge in [0.15, 0.2) is 0 Å². The number of fused-ring (bicyclic) bond motifs is 2. The number of piperidine rings is 1. The van der Waals surface area contributed by atoms with Gasteiger partial charge in [0.2, 0.25) is 11.8 Å². The minimum Gasteiger partial charge on any atom is -0.369 e. The first kappa shape index (κ1) is 27.0. The topological polar surface area (TPSA) is 88.8 Å². The molecule has 3 aromatic rings. The van der Waals surface area contributed by atoms with E-state index in [2.05, 4.69) is 15.4 Å². The third kappa shape index (κ3) is 4.39. The average Bonchev–Trinajstić information content (AvgIpc) is 3.11. The van der Waals surface area contributed by atoms with E-state index in [-0.39, 0.29) is 54.1 Å². The summed E-state index contributed by atoms with van der Waals surface area (Å²) >= 11 is 6.48. The van der Waals surface area contributed by atoms with Crippen LogP contribution in [-0.2, 0) is 27.3 Å². The van der Waals surface area contributed by atoms with Crippen molar-refractivity contribution in [1.82, 2.24) is 24.8 Å². The number of imide groups is 1. The maximum Gasteiger partial charge on any atom is 0.233 e. The Hall–Kier alpha value is -2.59. The summed E-state index contributed by atoms with van der Waals surface area (Å²) in [6.07, 6.45) is 3.24. The minimum atomic E-state index is -0.531. The molecule has 202 valence electrons. The van der Waals surface area contributed by atoms with Crippen LogP contribution in [0.3, 0.4) is 0 Å². The van der Waals surface area contributed by atoms with Crippen molar-refractivity contribution in [3.8, 4) is 11.3 Å². The molecule has 38 heavy (non-hydrogen) atoms. The largest absolute Gasteiger partial charge is 0.369 e. The van der Waals surface area contributed by atoms with Gasteiger partial charge in [-0.2, -0.15) is 5.10 Å². The fourth-order valence-electron chi connectivity index (χ4n) is 6.09. The van der Waals surface area contributed by atoms with E-state index in [0.717, 1.165) is 27.8 Å². The van der Waals surface area contributed by atoms with Gasteiger partial charge < -0.3 is 10.1 Å². The Morgan fingerprint density at radius 3 is 2.58 bits per heavy atom. The van der Waals surface area contributed by atoms with E-state index in [0.29, 0.717) is 30.2 Å². The number of hydrogen-bond acceptors (Lipinski definition) is 6. The van der Waals surface area contributed by atoms with Gasteiger partial charge in [-0.25, -0.2) is 13.9 Å². The van der Waals surface area contributed by atoms with E-state index in [1.807, 2.05) is 45.2 Å². The lowest BCUT2D eigenvalue weighted by molar-refractivity contribution is -0.143. The van der Waals surface area contributed by atoms with Crippen molar-refractivity contribution in [2.24, 2.45) is 17.3 Å². The molecule has 1 N–H and O–H groups in total. The van der Waals surface area contributed by atoms with Crippen LogP contribution < -0.4 is 5.32 Å². The number of hydrogen-bond donors (Lipinski definition) is 1. The smallest absolute Gasteiger partial charge is 0.233 e. The number of benzene rings is 1. The zero-order valence-corrected chi connectivity index (χ0v) is 23.0. The van der Waals surface area contributed by atoms with Gasteiger partial charge in [0.25, 0.3) is 0 Å². The molecule has 2 saturated heterocycles. The summed E-state index contributed by atoms with van der Waals surface area (Å²) in [6.45, 7) is 6.74. The number of likely N-dealkylation sites (tertiary alicyclic amines) is 1. The fraction of sp³-hybridized carbons (Fsp3) is 0.481. The Kier molecular flexibility index (Phi) is 7.01. The predicted molar refractivity (Wildman–Crippen MR) is 143 cm³/mol. The van der Waals surface area contributed by atoms with Crippen molar-refractivity contribution < 1.29 is 18.7 Å². The number of rotatable bonds is 6. The third-order valence-corrected chi connectivity index (χ3v) is 8.34. The number of nitrogens with zero attached hydrogens (tertiary/aromatic N) is 4. The molecule has 3 aliphatic rings. The number of alkyl halides is 1. The summed E-state index contributed by atoms with van der Waals surface area (Å²) in [5.41, 5.74) is 4.86. The number of carbonyl (C=O) groups excluding carboxylic acids is 2. The molecular formula is C27H30Cl2FN5O3. The first-order valence-corrected chi connectivity index (χ1v) is 13.0. The molecule has 2 aliphatic heterocycles. The van der Waals surface area contributed by atoms with E-state index in [1.54, 1.807) is 4.52 Å². The predicted octanol–water partition coefficient (Wildman–Crippen LogP) is 3.79. The maximum atomic E-state index is 13.3. The number of aryl methyl sites for hydroxylation is 1. The highest BCUT2D eigenvalue weighted by Gasteiger charge is 2.72. The van der Waals surface area contributed by atoms with Gasteiger partial charge in [-0.1, -0.05) is 25.4 Å². The second kappa shape index (κ2) is 9.86. The Labute approximate surface area is 231 Å². The lowest BCUT2D eigenvalue weighted by Gasteiger charge is -2.30. The second-order valence-corrected chi connectivity index (χ2v) is 11.4. The standard InChI is InChI=1S/C27H29ClFN5O3.ClH/c1-14-4-16(28)6-20(19(14)7-17-9-30-10-18(8-29)37-17)24-21-5-15(12-34(21)32-13-31-24)11-33-25(35)22-23(26(33)36)27(22,2)3;/h4-6,12-13,17-18,22-23,30H,7-11H2,1-3H3;1H. The van der Waals surface area contributed by atoms with Crippen LogP contribution in [0.25, 0.3) is 16.8 Å². The summed E-state index contributed by atoms with van der Waals surface area (Å²) in [7, 11) is 0. The number of nitrogens with one attached hydrogen (secondary N) is 1. The lowest BCUT2D eigenvalue weighted by atomic mass is 9.93. The monoisotopic (exact) mass is 561 g/mol. The van der Waals surface area contributed by atoms with Crippen LogP contribution in [0.1, 0.15) is 30.5 Å². The zero-order chi connectivity index (χ0) is 26.1. The molecule has 1 aromatic carbocycles. The molecule has 8 nitrogen and oxygen atoms in total. The molecule has 4 unspecified atom stereocenters. The average molecular weight is 562 g/mol. The number of halogens is 3. The molecule has 1 aliphatic carbocycles. The van der Waals surface area contributed by atoms with Gasteiger partial charge >= 0.3 is 0 Å². The normalized spacial score (nSPS) is 26.0. The molecule has 4 atom stereocenters. The van der Waals surface area contributed by atoms with Crippen LogP contribution in [0.2, 0.25) is 5.02 Å². The van der Waals surface area contributed by atoms with Crippen LogP contribution >= 0.6 is 24.0 Å². The Bertz CT molecular complexity index is 1400. The van der Waals surface area contributed by atoms with Crippen LogP contribution in [0.5, 0.6) is 0 Å². The molecule has 6 rings (SSSR count). The van der Waals surface area contributed by atoms with Crippen molar-refractivity contribution in [3.05, 3.63) is 52.4 Å². The second-order valence-electron chi connectivity index (χ2n) is 11.0. The van der Waals surface area contributed by atoms with Gasteiger partial charge in [0.05, 0.1) is 41.8 Å². The van der Waals surface area contributed by atoms with Gasteiger partial charge in [0.1, 0.15) is 13.0 Å². The molecule has 11 heteroatoms. The van der Waals surface area contributed by atoms with Gasteiger partial charge in [-0.3, -0.25) is 14.5 Å². The third-order valence-electron chi connectivity index (χ3n) is 8.12. The molecular weight excluding hydrogens is 532 g/mol. The summed E-state index contributed by atoms with van der Waals surface area (Å²) in [5, 5.41) is 8.20.